The van der Waals surface area contributed by atoms with Gasteiger partial charge in [0.15, 0.2) is 0 Å². The van der Waals surface area contributed by atoms with Crippen molar-refractivity contribution in [1.82, 2.24) is 29.7 Å². The summed E-state index contributed by atoms with van der Waals surface area (Å²) in [6, 6.07) is 17.6. The molecule has 4 aromatic rings. The van der Waals surface area contributed by atoms with Crippen molar-refractivity contribution in [1.29, 1.82) is 0 Å². The van der Waals surface area contributed by atoms with Crippen LogP contribution in [0.3, 0.4) is 0 Å². The predicted molar refractivity (Wildman–Crippen MR) is 123 cm³/mol. The third-order valence-corrected chi connectivity index (χ3v) is 5.77. The molecule has 9 nitrogen and oxygen atoms in total. The van der Waals surface area contributed by atoms with E-state index in [4.69, 9.17) is 20.6 Å². The van der Waals surface area contributed by atoms with E-state index in [1.54, 1.807) is 7.11 Å². The minimum atomic E-state index is 0.148. The number of nitrogens with zero attached hydrogens (tertiary/aromatic N) is 6. The van der Waals surface area contributed by atoms with Gasteiger partial charge < -0.3 is 15.8 Å². The standard InChI is InChI=1S/C22H22N8OS/c1-31-17-10-6-5-9-16(17)24-21-26-18(25-20(23)28-21)13-32-22-27-19(14-11-12-14)30(29-22)15-7-3-2-4-8-15/h2-10,14H,11-13H2,1H3,(H3,23,24,25,26,28). The van der Waals surface area contributed by atoms with Crippen LogP contribution < -0.4 is 15.8 Å². The zero-order valence-corrected chi connectivity index (χ0v) is 18.3. The number of benzene rings is 2. The van der Waals surface area contributed by atoms with Gasteiger partial charge in [-0.15, -0.1) is 5.10 Å². The summed E-state index contributed by atoms with van der Waals surface area (Å²) in [5.41, 5.74) is 7.69. The number of nitrogen functional groups attached to an aromatic ring is 1. The molecular weight excluding hydrogens is 424 g/mol. The summed E-state index contributed by atoms with van der Waals surface area (Å²) in [6.07, 6.45) is 2.30. The summed E-state index contributed by atoms with van der Waals surface area (Å²) < 4.78 is 7.31. The molecule has 1 fully saturated rings. The first-order chi connectivity index (χ1) is 15.7. The lowest BCUT2D eigenvalue weighted by Gasteiger charge is -2.10. The molecule has 1 saturated carbocycles. The Labute approximate surface area is 189 Å². The van der Waals surface area contributed by atoms with Crippen molar-refractivity contribution in [3.63, 3.8) is 0 Å². The summed E-state index contributed by atoms with van der Waals surface area (Å²) in [5, 5.41) is 8.56. The van der Waals surface area contributed by atoms with Gasteiger partial charge in [-0.1, -0.05) is 42.1 Å². The molecule has 1 aliphatic rings. The van der Waals surface area contributed by atoms with Gasteiger partial charge in [0.05, 0.1) is 24.2 Å². The largest absolute Gasteiger partial charge is 0.495 e. The lowest BCUT2D eigenvalue weighted by Crippen LogP contribution is -2.07. The summed E-state index contributed by atoms with van der Waals surface area (Å²) in [5.74, 6) is 3.69. The first-order valence-electron chi connectivity index (χ1n) is 10.3. The van der Waals surface area contributed by atoms with Crippen LogP contribution >= 0.6 is 11.8 Å². The number of rotatable bonds is 8. The molecule has 0 bridgehead atoms. The Morgan fingerprint density at radius 2 is 1.81 bits per heavy atom. The highest BCUT2D eigenvalue weighted by molar-refractivity contribution is 7.98. The molecule has 2 heterocycles. The fourth-order valence-electron chi connectivity index (χ4n) is 3.29. The molecule has 0 saturated heterocycles. The molecule has 0 atom stereocenters. The Balaban J connectivity index is 1.34. The summed E-state index contributed by atoms with van der Waals surface area (Å²) in [4.78, 5) is 17.7. The number of nitrogens with one attached hydrogen (secondary N) is 1. The predicted octanol–water partition coefficient (Wildman–Crippen LogP) is 3.96. The van der Waals surface area contributed by atoms with Crippen LogP contribution in [0.5, 0.6) is 5.75 Å². The molecule has 2 aromatic heterocycles. The highest BCUT2D eigenvalue weighted by atomic mass is 32.2. The second kappa shape index (κ2) is 8.83. The molecule has 0 spiro atoms. The Bertz CT molecular complexity index is 1230. The van der Waals surface area contributed by atoms with E-state index in [-0.39, 0.29) is 5.95 Å². The average Bonchev–Trinajstić information content (AvgIpc) is 3.57. The van der Waals surface area contributed by atoms with Crippen LogP contribution in [0.25, 0.3) is 5.69 Å². The molecule has 0 aliphatic heterocycles. The number of aromatic nitrogens is 6. The van der Waals surface area contributed by atoms with Crippen molar-refractivity contribution in [3.05, 3.63) is 66.2 Å². The van der Waals surface area contributed by atoms with E-state index < -0.39 is 0 Å². The van der Waals surface area contributed by atoms with Gasteiger partial charge in [0.1, 0.15) is 17.4 Å². The maximum atomic E-state index is 5.93. The summed E-state index contributed by atoms with van der Waals surface area (Å²) in [7, 11) is 1.61. The van der Waals surface area contributed by atoms with Gasteiger partial charge in [-0.05, 0) is 37.1 Å². The van der Waals surface area contributed by atoms with E-state index in [0.29, 0.717) is 34.3 Å². The van der Waals surface area contributed by atoms with Crippen molar-refractivity contribution < 1.29 is 4.74 Å². The van der Waals surface area contributed by atoms with Gasteiger partial charge in [0.2, 0.25) is 17.1 Å². The second-order valence-electron chi connectivity index (χ2n) is 7.32. The lowest BCUT2D eigenvalue weighted by atomic mass is 10.3. The van der Waals surface area contributed by atoms with Gasteiger partial charge in [-0.3, -0.25) is 0 Å². The maximum Gasteiger partial charge on any atom is 0.232 e. The molecule has 10 heteroatoms. The van der Waals surface area contributed by atoms with Crippen LogP contribution in [-0.2, 0) is 5.75 Å². The number of anilines is 3. The van der Waals surface area contributed by atoms with Crippen molar-refractivity contribution in [2.75, 3.05) is 18.2 Å². The van der Waals surface area contributed by atoms with E-state index in [0.717, 1.165) is 30.0 Å². The van der Waals surface area contributed by atoms with Gasteiger partial charge in [-0.25, -0.2) is 9.67 Å². The van der Waals surface area contributed by atoms with Crippen LogP contribution in [0, 0.1) is 0 Å². The molecule has 32 heavy (non-hydrogen) atoms. The Morgan fingerprint density at radius 1 is 1.03 bits per heavy atom. The van der Waals surface area contributed by atoms with E-state index >= 15 is 0 Å². The fraction of sp³-hybridized carbons (Fsp3) is 0.227. The van der Waals surface area contributed by atoms with E-state index in [2.05, 4.69) is 20.3 Å². The van der Waals surface area contributed by atoms with Gasteiger partial charge >= 0.3 is 0 Å². The Kier molecular flexibility index (Phi) is 5.59. The first kappa shape index (κ1) is 20.3. The molecule has 1 aliphatic carbocycles. The molecule has 0 radical (unpaired) electrons. The van der Waals surface area contributed by atoms with Gasteiger partial charge in [0, 0.05) is 5.92 Å². The van der Waals surface area contributed by atoms with Crippen molar-refractivity contribution in [2.45, 2.75) is 29.7 Å². The third kappa shape index (κ3) is 4.50. The second-order valence-corrected chi connectivity index (χ2v) is 8.26. The smallest absolute Gasteiger partial charge is 0.232 e. The van der Waals surface area contributed by atoms with E-state index in [1.165, 1.54) is 11.8 Å². The molecule has 0 amide bonds. The number of thioether (sulfide) groups is 1. The quantitative estimate of drug-likeness (QED) is 0.388. The van der Waals surface area contributed by atoms with Crippen LogP contribution in [0.15, 0.2) is 59.8 Å². The summed E-state index contributed by atoms with van der Waals surface area (Å²) >= 11 is 1.48. The lowest BCUT2D eigenvalue weighted by molar-refractivity contribution is 0.417. The molecular formula is C22H22N8OS. The van der Waals surface area contributed by atoms with Gasteiger partial charge in [-0.2, -0.15) is 15.0 Å². The maximum absolute atomic E-state index is 5.93. The summed E-state index contributed by atoms with van der Waals surface area (Å²) in [6.45, 7) is 0. The number of hydrogen-bond acceptors (Lipinski definition) is 9. The monoisotopic (exact) mass is 446 g/mol. The normalized spacial score (nSPS) is 13.2. The van der Waals surface area contributed by atoms with Crippen LogP contribution in [0.2, 0.25) is 0 Å². The number of ether oxygens (including phenoxy) is 1. The minimum absolute atomic E-state index is 0.148. The number of hydrogen-bond donors (Lipinski definition) is 2. The minimum Gasteiger partial charge on any atom is -0.495 e. The molecule has 2 aromatic carbocycles. The number of nitrogens with two attached hydrogens (primary N) is 1. The Morgan fingerprint density at radius 3 is 2.59 bits per heavy atom. The zero-order chi connectivity index (χ0) is 21.9. The highest BCUT2D eigenvalue weighted by Gasteiger charge is 2.30. The highest BCUT2D eigenvalue weighted by Crippen LogP contribution is 2.40. The Hall–Kier alpha value is -3.66. The number of methoxy groups -OCH3 is 1. The molecule has 3 N–H and O–H groups in total. The fourth-order valence-corrected chi connectivity index (χ4v) is 3.97. The van der Waals surface area contributed by atoms with Crippen molar-refractivity contribution in [2.24, 2.45) is 0 Å². The van der Waals surface area contributed by atoms with Crippen molar-refractivity contribution in [3.8, 4) is 11.4 Å². The van der Waals surface area contributed by atoms with E-state index in [9.17, 15) is 0 Å². The number of para-hydroxylation sites is 3. The van der Waals surface area contributed by atoms with Crippen molar-refractivity contribution >= 4 is 29.3 Å². The van der Waals surface area contributed by atoms with Crippen LogP contribution in [-0.4, -0.2) is 36.8 Å². The molecule has 5 rings (SSSR count). The topological polar surface area (TPSA) is 117 Å². The SMILES string of the molecule is COc1ccccc1Nc1nc(N)nc(CSc2nc(C3CC3)n(-c3ccccc3)n2)n1. The van der Waals surface area contributed by atoms with Crippen LogP contribution in [0.4, 0.5) is 17.6 Å². The average molecular weight is 447 g/mol. The third-order valence-electron chi connectivity index (χ3n) is 4.94. The zero-order valence-electron chi connectivity index (χ0n) is 17.5. The first-order valence-corrected chi connectivity index (χ1v) is 11.2. The van der Waals surface area contributed by atoms with Gasteiger partial charge in [0.25, 0.3) is 0 Å². The van der Waals surface area contributed by atoms with E-state index in [1.807, 2.05) is 59.3 Å². The molecule has 162 valence electrons. The molecule has 0 unspecified atom stereocenters. The van der Waals surface area contributed by atoms with Crippen LogP contribution in [0.1, 0.15) is 30.4 Å².